The Labute approximate surface area is 90.9 Å². The fourth-order valence-corrected chi connectivity index (χ4v) is 1.11. The van der Waals surface area contributed by atoms with Crippen LogP contribution in [0.1, 0.15) is 0 Å². The molecule has 0 aliphatic carbocycles. The van der Waals surface area contributed by atoms with Gasteiger partial charge in [0.2, 0.25) is 0 Å². The van der Waals surface area contributed by atoms with Crippen LogP contribution in [0, 0.1) is 0 Å². The molecule has 0 amide bonds. The highest BCUT2D eigenvalue weighted by Crippen LogP contribution is 2.29. The van der Waals surface area contributed by atoms with Gasteiger partial charge in [-0.05, 0) is 23.6 Å². The molecule has 0 saturated carbocycles. The topological polar surface area (TPSA) is 84.9 Å². The first-order chi connectivity index (χ1) is 5.77. The molecule has 0 unspecified atom stereocenters. The van der Waals surface area contributed by atoms with Gasteiger partial charge in [0.05, 0.1) is 0 Å². The van der Waals surface area contributed by atoms with Crippen LogP contribution < -0.4 is 0 Å². The van der Waals surface area contributed by atoms with Gasteiger partial charge in [0.1, 0.15) is 0 Å². The fraction of sp³-hybridized carbons (Fsp3) is 0. The van der Waals surface area contributed by atoms with E-state index in [4.69, 9.17) is 10.2 Å². The minimum atomic E-state index is -0.115. The second-order valence-electron chi connectivity index (χ2n) is 2.56. The second kappa shape index (κ2) is 4.78. The molecule has 1 aromatic carbocycles. The molecule has 0 fully saturated rings. The number of benzene rings is 1. The Kier molecular flexibility index (Phi) is 4.33. The quantitative estimate of drug-likeness (QED) is 0.702. The fourth-order valence-electron chi connectivity index (χ4n) is 1.11. The average molecular weight is 260 g/mol. The highest BCUT2D eigenvalue weighted by molar-refractivity contribution is 8.93. The third kappa shape index (κ3) is 2.12. The van der Waals surface area contributed by atoms with Crippen molar-refractivity contribution in [2.75, 3.05) is 0 Å². The lowest BCUT2D eigenvalue weighted by atomic mass is 10.1. The molecule has 0 aliphatic rings. The van der Waals surface area contributed by atoms with Crippen molar-refractivity contribution in [3.8, 4) is 11.5 Å². The zero-order valence-corrected chi connectivity index (χ0v) is 8.85. The van der Waals surface area contributed by atoms with Crippen LogP contribution in [-0.2, 0) is 0 Å². The summed E-state index contributed by atoms with van der Waals surface area (Å²) in [4.78, 5) is 3.89. The highest BCUT2D eigenvalue weighted by Gasteiger charge is 2.00. The van der Waals surface area contributed by atoms with Gasteiger partial charge in [-0.1, -0.05) is 0 Å². The molecule has 1 heterocycles. The zero-order valence-electron chi connectivity index (χ0n) is 7.14. The predicted octanol–water partition coefficient (Wildman–Crippen LogP) is 1.40. The summed E-state index contributed by atoms with van der Waals surface area (Å²) in [6.07, 6.45) is 3.27. The van der Waals surface area contributed by atoms with E-state index in [0.29, 0.717) is 0 Å². The molecule has 0 saturated heterocycles. The van der Waals surface area contributed by atoms with E-state index in [9.17, 15) is 0 Å². The summed E-state index contributed by atoms with van der Waals surface area (Å²) in [5.74, 6) is -0.218. The number of hydrogen-bond acceptors (Lipinski definition) is 3. The van der Waals surface area contributed by atoms with E-state index in [2.05, 4.69) is 4.98 Å². The molecule has 1 aromatic heterocycles. The van der Waals surface area contributed by atoms with Gasteiger partial charge in [-0.15, -0.1) is 17.0 Å². The molecule has 0 spiro atoms. The predicted molar refractivity (Wildman–Crippen MR) is 59.0 cm³/mol. The first-order valence-corrected chi connectivity index (χ1v) is 3.53. The molecular weight excluding hydrogens is 250 g/mol. The summed E-state index contributed by atoms with van der Waals surface area (Å²) in [5.41, 5.74) is 0. The number of phenols is 2. The summed E-state index contributed by atoms with van der Waals surface area (Å²) in [7, 11) is 0. The molecule has 0 aliphatic heterocycles. The van der Waals surface area contributed by atoms with Gasteiger partial charge in [-0.2, -0.15) is 0 Å². The molecular formula is C9H10BrNO3. The van der Waals surface area contributed by atoms with Gasteiger partial charge in [-0.25, -0.2) is 0 Å². The summed E-state index contributed by atoms with van der Waals surface area (Å²) >= 11 is 0. The van der Waals surface area contributed by atoms with Crippen LogP contribution in [0.15, 0.2) is 30.6 Å². The number of nitrogens with zero attached hydrogens (tertiary/aromatic N) is 1. The van der Waals surface area contributed by atoms with E-state index < -0.39 is 0 Å². The van der Waals surface area contributed by atoms with Crippen LogP contribution in [0.5, 0.6) is 11.5 Å². The van der Waals surface area contributed by atoms with Crippen molar-refractivity contribution in [2.24, 2.45) is 0 Å². The Bertz CT molecular complexity index is 393. The van der Waals surface area contributed by atoms with Crippen molar-refractivity contribution in [1.82, 2.24) is 4.98 Å². The van der Waals surface area contributed by atoms with Crippen LogP contribution in [0.3, 0.4) is 0 Å². The monoisotopic (exact) mass is 259 g/mol. The molecule has 0 atom stereocenters. The van der Waals surface area contributed by atoms with Crippen molar-refractivity contribution in [3.05, 3.63) is 30.6 Å². The molecule has 76 valence electrons. The van der Waals surface area contributed by atoms with Crippen LogP contribution in [0.4, 0.5) is 0 Å². The second-order valence-corrected chi connectivity index (χ2v) is 2.56. The van der Waals surface area contributed by atoms with E-state index in [1.165, 1.54) is 12.1 Å². The van der Waals surface area contributed by atoms with Gasteiger partial charge in [0, 0.05) is 17.8 Å². The van der Waals surface area contributed by atoms with E-state index in [0.717, 1.165) is 10.8 Å². The zero-order chi connectivity index (χ0) is 8.55. The Balaban J connectivity index is 0.000000845. The maximum atomic E-state index is 9.15. The van der Waals surface area contributed by atoms with Gasteiger partial charge >= 0.3 is 0 Å². The van der Waals surface area contributed by atoms with Gasteiger partial charge in [-0.3, -0.25) is 4.98 Å². The number of fused-ring (bicyclic) bond motifs is 1. The number of aromatic hydroxyl groups is 2. The average Bonchev–Trinajstić information content (AvgIpc) is 2.07. The SMILES string of the molecule is Br.O.Oc1cc2ccncc2cc1O. The van der Waals surface area contributed by atoms with E-state index in [-0.39, 0.29) is 34.0 Å². The number of pyridine rings is 1. The smallest absolute Gasteiger partial charge is 0.158 e. The van der Waals surface area contributed by atoms with E-state index in [1.54, 1.807) is 18.5 Å². The summed E-state index contributed by atoms with van der Waals surface area (Å²) < 4.78 is 0. The van der Waals surface area contributed by atoms with Crippen molar-refractivity contribution in [1.29, 1.82) is 0 Å². The normalized spacial score (nSPS) is 8.86. The summed E-state index contributed by atoms with van der Waals surface area (Å²) in [6, 6.07) is 4.76. The maximum absolute atomic E-state index is 9.15. The maximum Gasteiger partial charge on any atom is 0.158 e. The summed E-state index contributed by atoms with van der Waals surface area (Å²) in [5, 5.41) is 20.0. The summed E-state index contributed by atoms with van der Waals surface area (Å²) in [6.45, 7) is 0. The highest BCUT2D eigenvalue weighted by atomic mass is 79.9. The first kappa shape index (κ1) is 12.7. The van der Waals surface area contributed by atoms with Crippen LogP contribution in [0.2, 0.25) is 0 Å². The molecule has 14 heavy (non-hydrogen) atoms. The Morgan fingerprint density at radius 3 is 2.21 bits per heavy atom. The molecule has 0 bridgehead atoms. The minimum absolute atomic E-state index is 0. The molecule has 2 rings (SSSR count). The molecule has 4 nitrogen and oxygen atoms in total. The van der Waals surface area contributed by atoms with Crippen molar-refractivity contribution < 1.29 is 15.7 Å². The van der Waals surface area contributed by atoms with E-state index >= 15 is 0 Å². The van der Waals surface area contributed by atoms with Gasteiger partial charge in [0.25, 0.3) is 0 Å². The number of aromatic nitrogens is 1. The van der Waals surface area contributed by atoms with Crippen molar-refractivity contribution >= 4 is 27.8 Å². The van der Waals surface area contributed by atoms with Gasteiger partial charge in [0.15, 0.2) is 11.5 Å². The number of rotatable bonds is 0. The number of halogens is 1. The largest absolute Gasteiger partial charge is 0.504 e. The van der Waals surface area contributed by atoms with Crippen LogP contribution in [0.25, 0.3) is 10.8 Å². The third-order valence-electron chi connectivity index (χ3n) is 1.73. The van der Waals surface area contributed by atoms with E-state index in [1.807, 2.05) is 0 Å². The van der Waals surface area contributed by atoms with Crippen LogP contribution in [-0.4, -0.2) is 20.7 Å². The lowest BCUT2D eigenvalue weighted by Gasteiger charge is -1.99. The standard InChI is InChI=1S/C9H7NO2.BrH.H2O/c11-8-3-6-1-2-10-5-7(6)4-9(8)12;;/h1-5,11-12H;1H;1H2. The Hall–Kier alpha value is -1.33. The number of hydrogen-bond donors (Lipinski definition) is 2. The minimum Gasteiger partial charge on any atom is -0.504 e. The van der Waals surface area contributed by atoms with Crippen molar-refractivity contribution in [3.63, 3.8) is 0 Å². The lowest BCUT2D eigenvalue weighted by molar-refractivity contribution is 0.405. The Morgan fingerprint density at radius 1 is 1.00 bits per heavy atom. The molecule has 4 N–H and O–H groups in total. The lowest BCUT2D eigenvalue weighted by Crippen LogP contribution is -1.75. The number of phenolic OH excluding ortho intramolecular Hbond substituents is 2. The molecule has 2 aromatic rings. The van der Waals surface area contributed by atoms with Crippen LogP contribution >= 0.6 is 17.0 Å². The van der Waals surface area contributed by atoms with Crippen molar-refractivity contribution in [2.45, 2.75) is 0 Å². The first-order valence-electron chi connectivity index (χ1n) is 3.53. The Morgan fingerprint density at radius 2 is 1.57 bits per heavy atom. The third-order valence-corrected chi connectivity index (χ3v) is 1.73. The molecule has 0 radical (unpaired) electrons. The van der Waals surface area contributed by atoms with Gasteiger partial charge < -0.3 is 15.7 Å². The molecule has 5 heteroatoms.